The molecule has 0 saturated carbocycles. The molecular formula is C10H11NO6. The van der Waals surface area contributed by atoms with Crippen LogP contribution in [0.1, 0.15) is 10.4 Å². The van der Waals surface area contributed by atoms with Gasteiger partial charge in [0.25, 0.3) is 0 Å². The molecule has 0 N–H and O–H groups in total. The Balaban J connectivity index is 3.66. The maximum atomic E-state index is 11.0. The van der Waals surface area contributed by atoms with Crippen LogP contribution in [0.2, 0.25) is 0 Å². The van der Waals surface area contributed by atoms with E-state index in [0.29, 0.717) is 6.29 Å². The second kappa shape index (κ2) is 5.15. The van der Waals surface area contributed by atoms with Gasteiger partial charge in [-0.05, 0) is 0 Å². The number of hydrogen-bond donors (Lipinski definition) is 0. The summed E-state index contributed by atoms with van der Waals surface area (Å²) in [7, 11) is 3.89. The quantitative estimate of drug-likeness (QED) is 0.440. The molecule has 0 saturated heterocycles. The van der Waals surface area contributed by atoms with Crippen LogP contribution in [0.15, 0.2) is 6.07 Å². The summed E-state index contributed by atoms with van der Waals surface area (Å²) in [6.45, 7) is 0. The van der Waals surface area contributed by atoms with Gasteiger partial charge in [-0.3, -0.25) is 14.9 Å². The number of carbonyl (C=O) groups excluding carboxylic acids is 1. The van der Waals surface area contributed by atoms with Crippen LogP contribution in [-0.4, -0.2) is 32.5 Å². The summed E-state index contributed by atoms with van der Waals surface area (Å²) in [6, 6.07) is 1.14. The molecule has 1 aromatic carbocycles. The number of aldehydes is 1. The lowest BCUT2D eigenvalue weighted by Gasteiger charge is -2.12. The van der Waals surface area contributed by atoms with Gasteiger partial charge in [0.15, 0.2) is 17.8 Å². The molecule has 0 aromatic heterocycles. The zero-order valence-corrected chi connectivity index (χ0v) is 9.55. The van der Waals surface area contributed by atoms with Gasteiger partial charge in [-0.25, -0.2) is 0 Å². The standard InChI is InChI=1S/C10H11NO6/c1-15-8-4-7(11(13)14)9(16-2)6(5-12)10(8)17-3/h4-5H,1-3H3. The topological polar surface area (TPSA) is 87.9 Å². The van der Waals surface area contributed by atoms with Crippen molar-refractivity contribution in [3.05, 3.63) is 21.7 Å². The number of ether oxygens (including phenoxy) is 3. The molecular weight excluding hydrogens is 230 g/mol. The summed E-state index contributed by atoms with van der Waals surface area (Å²) >= 11 is 0. The minimum Gasteiger partial charge on any atom is -0.493 e. The van der Waals surface area contributed by atoms with Crippen LogP contribution >= 0.6 is 0 Å². The second-order valence-corrected chi connectivity index (χ2v) is 2.95. The highest BCUT2D eigenvalue weighted by molar-refractivity contribution is 5.88. The first-order valence-electron chi connectivity index (χ1n) is 4.53. The predicted molar refractivity (Wildman–Crippen MR) is 58.1 cm³/mol. The van der Waals surface area contributed by atoms with Gasteiger partial charge in [0.2, 0.25) is 5.75 Å². The molecule has 0 atom stereocenters. The van der Waals surface area contributed by atoms with Crippen LogP contribution < -0.4 is 14.2 Å². The molecule has 0 bridgehead atoms. The Bertz CT molecular complexity index is 457. The van der Waals surface area contributed by atoms with Gasteiger partial charge in [0.1, 0.15) is 5.56 Å². The summed E-state index contributed by atoms with van der Waals surface area (Å²) in [5, 5.41) is 10.8. The third-order valence-electron chi connectivity index (χ3n) is 2.16. The van der Waals surface area contributed by atoms with Crippen molar-refractivity contribution in [1.82, 2.24) is 0 Å². The van der Waals surface area contributed by atoms with E-state index in [1.165, 1.54) is 21.3 Å². The van der Waals surface area contributed by atoms with Crippen LogP contribution in [0.5, 0.6) is 17.2 Å². The molecule has 0 amide bonds. The molecule has 7 nitrogen and oxygen atoms in total. The van der Waals surface area contributed by atoms with Gasteiger partial charge >= 0.3 is 5.69 Å². The van der Waals surface area contributed by atoms with Crippen LogP contribution in [0, 0.1) is 10.1 Å². The SMILES string of the molecule is COc1cc([N+](=O)[O-])c(OC)c(C=O)c1OC. The highest BCUT2D eigenvalue weighted by Crippen LogP contribution is 2.42. The van der Waals surface area contributed by atoms with E-state index in [1.807, 2.05) is 0 Å². The highest BCUT2D eigenvalue weighted by atomic mass is 16.6. The number of nitro groups is 1. The molecule has 0 spiro atoms. The molecule has 0 unspecified atom stereocenters. The van der Waals surface area contributed by atoms with Crippen molar-refractivity contribution in [1.29, 1.82) is 0 Å². The number of nitrogens with zero attached hydrogens (tertiary/aromatic N) is 1. The van der Waals surface area contributed by atoms with Crippen molar-refractivity contribution in [3.63, 3.8) is 0 Å². The minimum absolute atomic E-state index is 0.0546. The number of rotatable bonds is 5. The van der Waals surface area contributed by atoms with Crippen molar-refractivity contribution < 1.29 is 23.9 Å². The Morgan fingerprint density at radius 3 is 2.12 bits per heavy atom. The Morgan fingerprint density at radius 1 is 1.18 bits per heavy atom. The normalized spacial score (nSPS) is 9.59. The number of methoxy groups -OCH3 is 3. The number of carbonyl (C=O) groups is 1. The van der Waals surface area contributed by atoms with Crippen molar-refractivity contribution in [2.24, 2.45) is 0 Å². The van der Waals surface area contributed by atoms with E-state index in [9.17, 15) is 14.9 Å². The smallest absolute Gasteiger partial charge is 0.315 e. The molecule has 1 aromatic rings. The number of nitro benzene ring substituents is 1. The van der Waals surface area contributed by atoms with E-state index in [4.69, 9.17) is 14.2 Å². The van der Waals surface area contributed by atoms with Crippen LogP contribution in [0.25, 0.3) is 0 Å². The molecule has 7 heteroatoms. The lowest BCUT2D eigenvalue weighted by molar-refractivity contribution is -0.385. The fraction of sp³-hybridized carbons (Fsp3) is 0.300. The fourth-order valence-electron chi connectivity index (χ4n) is 1.45. The Morgan fingerprint density at radius 2 is 1.76 bits per heavy atom. The minimum atomic E-state index is -0.659. The van der Waals surface area contributed by atoms with Gasteiger partial charge < -0.3 is 14.2 Å². The maximum Gasteiger partial charge on any atom is 0.315 e. The van der Waals surface area contributed by atoms with Crippen molar-refractivity contribution in [2.45, 2.75) is 0 Å². The lowest BCUT2D eigenvalue weighted by atomic mass is 10.1. The Kier molecular flexibility index (Phi) is 3.86. The Labute approximate surface area is 97.0 Å². The summed E-state index contributed by atoms with van der Waals surface area (Å²) in [4.78, 5) is 21.1. The van der Waals surface area contributed by atoms with E-state index < -0.39 is 4.92 Å². The van der Waals surface area contributed by atoms with E-state index >= 15 is 0 Å². The maximum absolute atomic E-state index is 11.0. The molecule has 92 valence electrons. The lowest BCUT2D eigenvalue weighted by Crippen LogP contribution is -2.02. The van der Waals surface area contributed by atoms with E-state index in [-0.39, 0.29) is 28.5 Å². The first-order chi connectivity index (χ1) is 8.10. The molecule has 17 heavy (non-hydrogen) atoms. The summed E-state index contributed by atoms with van der Waals surface area (Å²) in [5.41, 5.74) is -0.409. The average Bonchev–Trinajstić information content (AvgIpc) is 2.35. The van der Waals surface area contributed by atoms with Crippen molar-refractivity contribution in [3.8, 4) is 17.2 Å². The molecule has 0 radical (unpaired) electrons. The summed E-state index contributed by atoms with van der Waals surface area (Å²) in [5.74, 6) is 0.0506. The third kappa shape index (κ3) is 2.12. The fourth-order valence-corrected chi connectivity index (χ4v) is 1.45. The van der Waals surface area contributed by atoms with Gasteiger partial charge in [-0.1, -0.05) is 0 Å². The first kappa shape index (κ1) is 12.8. The molecule has 0 heterocycles. The Hall–Kier alpha value is -2.31. The first-order valence-corrected chi connectivity index (χ1v) is 4.53. The van der Waals surface area contributed by atoms with Gasteiger partial charge in [0, 0.05) is 0 Å². The van der Waals surface area contributed by atoms with Crippen LogP contribution in [0.4, 0.5) is 5.69 Å². The monoisotopic (exact) mass is 241 g/mol. The average molecular weight is 241 g/mol. The summed E-state index contributed by atoms with van der Waals surface area (Å²) in [6.07, 6.45) is 0.424. The molecule has 0 aliphatic rings. The van der Waals surface area contributed by atoms with Gasteiger partial charge in [-0.2, -0.15) is 0 Å². The molecule has 0 fully saturated rings. The number of benzene rings is 1. The predicted octanol–water partition coefficient (Wildman–Crippen LogP) is 1.43. The number of hydrogen-bond acceptors (Lipinski definition) is 6. The van der Waals surface area contributed by atoms with Gasteiger partial charge in [0.05, 0.1) is 32.3 Å². The molecule has 1 rings (SSSR count). The van der Waals surface area contributed by atoms with E-state index in [1.54, 1.807) is 0 Å². The van der Waals surface area contributed by atoms with Crippen LogP contribution in [0.3, 0.4) is 0 Å². The van der Waals surface area contributed by atoms with Gasteiger partial charge in [-0.15, -0.1) is 0 Å². The zero-order valence-electron chi connectivity index (χ0n) is 9.55. The zero-order chi connectivity index (χ0) is 13.0. The highest BCUT2D eigenvalue weighted by Gasteiger charge is 2.26. The van der Waals surface area contributed by atoms with Crippen molar-refractivity contribution in [2.75, 3.05) is 21.3 Å². The summed E-state index contributed by atoms with van der Waals surface area (Å²) < 4.78 is 14.8. The molecule has 0 aliphatic carbocycles. The third-order valence-corrected chi connectivity index (χ3v) is 2.16. The largest absolute Gasteiger partial charge is 0.493 e. The molecule has 0 aliphatic heterocycles. The van der Waals surface area contributed by atoms with Crippen LogP contribution in [-0.2, 0) is 0 Å². The van der Waals surface area contributed by atoms with E-state index in [2.05, 4.69) is 0 Å². The van der Waals surface area contributed by atoms with Crippen molar-refractivity contribution >= 4 is 12.0 Å². The second-order valence-electron chi connectivity index (χ2n) is 2.95. The van der Waals surface area contributed by atoms with E-state index in [0.717, 1.165) is 6.07 Å².